The number of rotatable bonds is 5. The fraction of sp³-hybridized carbons (Fsp3) is 0.833. The van der Waals surface area contributed by atoms with Crippen molar-refractivity contribution in [2.45, 2.75) is 123 Å². The van der Waals surface area contributed by atoms with Crippen molar-refractivity contribution < 1.29 is 43.5 Å². The normalized spacial score (nSPS) is 42.8. The van der Waals surface area contributed by atoms with Gasteiger partial charge in [0.05, 0.1) is 17.8 Å². The van der Waals surface area contributed by atoms with Gasteiger partial charge in [0.2, 0.25) is 0 Å². The molecule has 2 aliphatic rings. The van der Waals surface area contributed by atoms with Crippen molar-refractivity contribution in [1.29, 1.82) is 0 Å². The van der Waals surface area contributed by atoms with Crippen LogP contribution >= 0.6 is 0 Å². The number of aliphatic hydroxyl groups is 2. The van der Waals surface area contributed by atoms with E-state index in [1.807, 2.05) is 25.9 Å². The molecular formula is C30H51NO9. The minimum absolute atomic E-state index is 0.170. The van der Waals surface area contributed by atoms with E-state index in [0.717, 1.165) is 0 Å². The van der Waals surface area contributed by atoms with Gasteiger partial charge in [-0.3, -0.25) is 14.4 Å². The number of nitrogens with zero attached hydrogens (tertiary/aromatic N) is 1. The zero-order valence-corrected chi connectivity index (χ0v) is 26.1. The molecule has 0 bridgehead atoms. The molecule has 0 aromatic heterocycles. The van der Waals surface area contributed by atoms with E-state index in [-0.39, 0.29) is 30.8 Å². The molecule has 0 aromatic rings. The maximum Gasteiger partial charge on any atom is 0.316 e. The van der Waals surface area contributed by atoms with Crippen molar-refractivity contribution >= 4 is 17.5 Å². The second kappa shape index (κ2) is 13.5. The molecule has 1 fully saturated rings. The first kappa shape index (κ1) is 34.5. The number of carbonyl (C=O) groups is 3. The van der Waals surface area contributed by atoms with Gasteiger partial charge in [0, 0.05) is 25.0 Å². The Balaban J connectivity index is 2.62. The van der Waals surface area contributed by atoms with Gasteiger partial charge in [-0.15, -0.1) is 0 Å². The molecule has 0 unspecified atom stereocenters. The molecule has 0 saturated carbocycles. The highest BCUT2D eigenvalue weighted by Crippen LogP contribution is 2.37. The standard InChI is InChI=1S/C30H51NO9/c1-12-22-29(7,36)14-16(2)23(32)17(3)15-30(8,37-11)26(19(5)24(33)20(6)27(35)39-22)40-28-25(34)21(31(9)10)13-18(4)38-28/h14,17-22,25-26,28,34,36H,12-13,15H2,1-11H3/t17-,18-,19+,20-,21+,22-,25-,26-,28+,29+,30-/m1/s1. The summed E-state index contributed by atoms with van der Waals surface area (Å²) in [4.78, 5) is 42.3. The Bertz CT molecular complexity index is 947. The number of cyclic esters (lactones) is 1. The van der Waals surface area contributed by atoms with Crippen LogP contribution in [-0.4, -0.2) is 102 Å². The number of ether oxygens (including phenoxy) is 4. The van der Waals surface area contributed by atoms with Crippen molar-refractivity contribution in [2.75, 3.05) is 21.2 Å². The van der Waals surface area contributed by atoms with E-state index in [2.05, 4.69) is 0 Å². The van der Waals surface area contributed by atoms with Gasteiger partial charge in [0.1, 0.15) is 23.7 Å². The van der Waals surface area contributed by atoms with Crippen LogP contribution in [0.3, 0.4) is 0 Å². The van der Waals surface area contributed by atoms with Crippen molar-refractivity contribution in [3.8, 4) is 0 Å². The predicted molar refractivity (Wildman–Crippen MR) is 149 cm³/mol. The summed E-state index contributed by atoms with van der Waals surface area (Å²) >= 11 is 0. The minimum atomic E-state index is -1.62. The SMILES string of the molecule is CC[C@H]1OC(=O)[C@H](C)C(=O)[C@H](C)[C@@H](O[C@@H]2O[C@H](C)C[C@H](N(C)C)[C@H]2O)[C@](C)(OC)C[C@@H](C)C(=O)C(C)=C[C@]1(C)O. The fourth-order valence-corrected chi connectivity index (χ4v) is 6.12. The number of ketones is 2. The first-order valence-corrected chi connectivity index (χ1v) is 14.3. The van der Waals surface area contributed by atoms with Crippen LogP contribution in [0.4, 0.5) is 0 Å². The third-order valence-electron chi connectivity index (χ3n) is 8.65. The molecule has 1 saturated heterocycles. The highest BCUT2D eigenvalue weighted by Gasteiger charge is 2.49. The van der Waals surface area contributed by atoms with E-state index >= 15 is 0 Å². The van der Waals surface area contributed by atoms with E-state index < -0.39 is 65.3 Å². The molecule has 10 heteroatoms. The van der Waals surface area contributed by atoms with Crippen LogP contribution in [-0.2, 0) is 33.3 Å². The highest BCUT2D eigenvalue weighted by atomic mass is 16.7. The lowest BCUT2D eigenvalue weighted by Crippen LogP contribution is -2.59. The van der Waals surface area contributed by atoms with E-state index in [1.165, 1.54) is 27.0 Å². The number of hydrogen-bond donors (Lipinski definition) is 2. The number of allylic oxidation sites excluding steroid dienone is 1. The van der Waals surface area contributed by atoms with Crippen molar-refractivity contribution in [3.05, 3.63) is 11.6 Å². The number of likely N-dealkylation sites (N-methyl/N-ethyl adjacent to an activating group) is 1. The molecule has 10 nitrogen and oxygen atoms in total. The van der Waals surface area contributed by atoms with E-state index in [9.17, 15) is 24.6 Å². The topological polar surface area (TPSA) is 132 Å². The number of esters is 1. The molecule has 0 aliphatic carbocycles. The molecule has 2 heterocycles. The number of Topliss-reactive ketones (excluding diaryl/α,β-unsaturated/α-hetero) is 2. The summed E-state index contributed by atoms with van der Waals surface area (Å²) in [5, 5.41) is 22.3. The van der Waals surface area contributed by atoms with Crippen LogP contribution in [0.5, 0.6) is 0 Å². The monoisotopic (exact) mass is 569 g/mol. The van der Waals surface area contributed by atoms with Crippen LogP contribution in [0.2, 0.25) is 0 Å². The number of methoxy groups -OCH3 is 1. The summed E-state index contributed by atoms with van der Waals surface area (Å²) in [6.45, 7) is 13.4. The summed E-state index contributed by atoms with van der Waals surface area (Å²) in [6, 6.07) is -0.243. The molecule has 0 amide bonds. The minimum Gasteiger partial charge on any atom is -0.458 e. The summed E-state index contributed by atoms with van der Waals surface area (Å²) in [5.41, 5.74) is -2.48. The van der Waals surface area contributed by atoms with E-state index in [0.29, 0.717) is 12.0 Å². The Morgan fingerprint density at radius 1 is 1.12 bits per heavy atom. The smallest absolute Gasteiger partial charge is 0.316 e. The summed E-state index contributed by atoms with van der Waals surface area (Å²) in [5.74, 6) is -4.08. The molecule has 11 atom stereocenters. The van der Waals surface area contributed by atoms with Gasteiger partial charge < -0.3 is 34.1 Å². The molecule has 2 N–H and O–H groups in total. The molecule has 0 spiro atoms. The van der Waals surface area contributed by atoms with Crippen molar-refractivity contribution in [3.63, 3.8) is 0 Å². The predicted octanol–water partition coefficient (Wildman–Crippen LogP) is 2.67. The van der Waals surface area contributed by atoms with Crippen LogP contribution in [0.25, 0.3) is 0 Å². The lowest BCUT2D eigenvalue weighted by molar-refractivity contribution is -0.295. The van der Waals surface area contributed by atoms with Crippen LogP contribution in [0.1, 0.15) is 74.7 Å². The quantitative estimate of drug-likeness (QED) is 0.376. The first-order valence-electron chi connectivity index (χ1n) is 14.3. The highest BCUT2D eigenvalue weighted by molar-refractivity contribution is 6.00. The van der Waals surface area contributed by atoms with Gasteiger partial charge in [-0.2, -0.15) is 0 Å². The van der Waals surface area contributed by atoms with E-state index in [4.69, 9.17) is 18.9 Å². The number of hydrogen-bond acceptors (Lipinski definition) is 10. The second-order valence-corrected chi connectivity index (χ2v) is 12.4. The zero-order chi connectivity index (χ0) is 30.7. The Morgan fingerprint density at radius 2 is 1.73 bits per heavy atom. The lowest BCUT2D eigenvalue weighted by atomic mass is 9.77. The molecule has 2 aliphatic heterocycles. The molecule has 0 aromatic carbocycles. The van der Waals surface area contributed by atoms with Gasteiger partial charge in [0.15, 0.2) is 17.9 Å². The first-order chi connectivity index (χ1) is 18.4. The Morgan fingerprint density at radius 3 is 2.25 bits per heavy atom. The summed E-state index contributed by atoms with van der Waals surface area (Å²) in [7, 11) is 5.22. The zero-order valence-electron chi connectivity index (χ0n) is 26.1. The molecule has 2 rings (SSSR count). The summed E-state index contributed by atoms with van der Waals surface area (Å²) < 4.78 is 24.1. The van der Waals surface area contributed by atoms with E-state index in [1.54, 1.807) is 34.6 Å². The molecule has 40 heavy (non-hydrogen) atoms. The van der Waals surface area contributed by atoms with Crippen molar-refractivity contribution in [1.82, 2.24) is 4.90 Å². The average Bonchev–Trinajstić information content (AvgIpc) is 2.88. The molecular weight excluding hydrogens is 518 g/mol. The molecule has 0 radical (unpaired) electrons. The number of carbonyl (C=O) groups excluding carboxylic acids is 3. The fourth-order valence-electron chi connectivity index (χ4n) is 6.12. The maximum atomic E-state index is 13.8. The third kappa shape index (κ3) is 7.57. The summed E-state index contributed by atoms with van der Waals surface area (Å²) in [6.07, 6.45) is -1.79. The maximum absolute atomic E-state index is 13.8. The lowest BCUT2D eigenvalue weighted by Gasteiger charge is -2.46. The Labute approximate surface area is 239 Å². The average molecular weight is 570 g/mol. The van der Waals surface area contributed by atoms with Gasteiger partial charge in [-0.1, -0.05) is 20.8 Å². The van der Waals surface area contributed by atoms with Gasteiger partial charge in [-0.05, 0) is 79.6 Å². The van der Waals surface area contributed by atoms with Gasteiger partial charge >= 0.3 is 5.97 Å². The van der Waals surface area contributed by atoms with Gasteiger partial charge in [-0.25, -0.2) is 0 Å². The van der Waals surface area contributed by atoms with Gasteiger partial charge in [0.25, 0.3) is 0 Å². The Hall–Kier alpha value is -1.69. The van der Waals surface area contributed by atoms with Crippen molar-refractivity contribution in [2.24, 2.45) is 17.8 Å². The van der Waals surface area contributed by atoms with Crippen LogP contribution < -0.4 is 0 Å². The number of aliphatic hydroxyl groups excluding tert-OH is 1. The van der Waals surface area contributed by atoms with Crippen LogP contribution in [0, 0.1) is 17.8 Å². The molecule has 230 valence electrons. The van der Waals surface area contributed by atoms with Crippen LogP contribution in [0.15, 0.2) is 11.6 Å². The second-order valence-electron chi connectivity index (χ2n) is 12.4. The largest absolute Gasteiger partial charge is 0.458 e. The Kier molecular flexibility index (Phi) is 11.7. The third-order valence-corrected chi connectivity index (χ3v) is 8.65.